The van der Waals surface area contributed by atoms with E-state index in [-0.39, 0.29) is 0 Å². The Morgan fingerprint density at radius 1 is 1.13 bits per heavy atom. The van der Waals surface area contributed by atoms with E-state index in [1.807, 2.05) is 18.8 Å². The number of rotatable bonds is 3. The fraction of sp³-hybridized carbons (Fsp3) is 0.944. The normalized spacial score (nSPS) is 27.4. The molecular formula is C18H33N3OS. The lowest BCUT2D eigenvalue weighted by atomic mass is 9.73. The van der Waals surface area contributed by atoms with Crippen molar-refractivity contribution in [3.05, 3.63) is 0 Å². The van der Waals surface area contributed by atoms with E-state index >= 15 is 0 Å². The Morgan fingerprint density at radius 2 is 1.87 bits per heavy atom. The summed E-state index contributed by atoms with van der Waals surface area (Å²) in [5, 5.41) is 3.69. The number of ether oxygens (including phenoxy) is 1. The van der Waals surface area contributed by atoms with Crippen LogP contribution in [0.1, 0.15) is 51.4 Å². The highest BCUT2D eigenvalue weighted by Crippen LogP contribution is 2.43. The standard InChI is InChI=1S/C18H33N3OS/c1-19-16(20-14-18(23-2)9-12-22-13-10-18)21-11-8-17(15-21)6-4-3-5-7-17/h3-15H2,1-2H3,(H,19,20). The molecule has 2 saturated heterocycles. The Bertz CT molecular complexity index is 414. The summed E-state index contributed by atoms with van der Waals surface area (Å²) in [4.78, 5) is 7.10. The third-order valence-corrected chi connectivity index (χ3v) is 7.69. The van der Waals surface area contributed by atoms with Crippen LogP contribution in [0.25, 0.3) is 0 Å². The van der Waals surface area contributed by atoms with Gasteiger partial charge in [-0.15, -0.1) is 0 Å². The molecule has 0 aromatic carbocycles. The minimum Gasteiger partial charge on any atom is -0.381 e. The topological polar surface area (TPSA) is 36.9 Å². The van der Waals surface area contributed by atoms with Gasteiger partial charge in [0, 0.05) is 44.6 Å². The Kier molecular flexibility index (Phi) is 5.78. The summed E-state index contributed by atoms with van der Waals surface area (Å²) in [7, 11) is 1.93. The first kappa shape index (κ1) is 17.4. The number of aliphatic imine (C=N–C) groups is 1. The van der Waals surface area contributed by atoms with E-state index < -0.39 is 0 Å². The second kappa shape index (κ2) is 7.64. The molecule has 0 aromatic heterocycles. The highest BCUT2D eigenvalue weighted by molar-refractivity contribution is 8.00. The van der Waals surface area contributed by atoms with Crippen LogP contribution in [0.4, 0.5) is 0 Å². The van der Waals surface area contributed by atoms with Crippen LogP contribution in [-0.2, 0) is 4.74 Å². The van der Waals surface area contributed by atoms with Crippen LogP contribution >= 0.6 is 11.8 Å². The van der Waals surface area contributed by atoms with Crippen molar-refractivity contribution in [3.63, 3.8) is 0 Å². The summed E-state index contributed by atoms with van der Waals surface area (Å²) < 4.78 is 5.87. The molecule has 23 heavy (non-hydrogen) atoms. The van der Waals surface area contributed by atoms with Gasteiger partial charge < -0.3 is 15.0 Å². The lowest BCUT2D eigenvalue weighted by Gasteiger charge is -2.37. The number of nitrogens with zero attached hydrogens (tertiary/aromatic N) is 2. The SMILES string of the molecule is CN=C(NCC1(SC)CCOCC1)N1CCC2(CCCCC2)C1. The molecule has 132 valence electrons. The second-order valence-electron chi connectivity index (χ2n) is 7.63. The van der Waals surface area contributed by atoms with E-state index in [9.17, 15) is 0 Å². The van der Waals surface area contributed by atoms with Crippen LogP contribution in [0.5, 0.6) is 0 Å². The quantitative estimate of drug-likeness (QED) is 0.633. The fourth-order valence-electron chi connectivity index (χ4n) is 4.59. The summed E-state index contributed by atoms with van der Waals surface area (Å²) in [6, 6.07) is 0. The van der Waals surface area contributed by atoms with Crippen molar-refractivity contribution in [2.24, 2.45) is 10.4 Å². The van der Waals surface area contributed by atoms with Gasteiger partial charge in [0.1, 0.15) is 0 Å². The van der Waals surface area contributed by atoms with E-state index in [1.54, 1.807) is 0 Å². The van der Waals surface area contributed by atoms with Crippen LogP contribution in [-0.4, -0.2) is 61.8 Å². The van der Waals surface area contributed by atoms with Crippen molar-refractivity contribution < 1.29 is 4.74 Å². The number of nitrogens with one attached hydrogen (secondary N) is 1. The maximum absolute atomic E-state index is 5.55. The smallest absolute Gasteiger partial charge is 0.193 e. The number of thioether (sulfide) groups is 1. The van der Waals surface area contributed by atoms with Gasteiger partial charge in [-0.1, -0.05) is 19.3 Å². The van der Waals surface area contributed by atoms with Crippen molar-refractivity contribution in [3.8, 4) is 0 Å². The molecule has 4 nitrogen and oxygen atoms in total. The Labute approximate surface area is 145 Å². The molecule has 1 aliphatic carbocycles. The molecular weight excluding hydrogens is 306 g/mol. The Balaban J connectivity index is 1.56. The van der Waals surface area contributed by atoms with E-state index in [0.29, 0.717) is 10.2 Å². The lowest BCUT2D eigenvalue weighted by molar-refractivity contribution is 0.0781. The molecule has 3 aliphatic rings. The predicted molar refractivity (Wildman–Crippen MR) is 99.4 cm³/mol. The molecule has 2 aliphatic heterocycles. The number of hydrogen-bond acceptors (Lipinski definition) is 3. The van der Waals surface area contributed by atoms with Gasteiger partial charge >= 0.3 is 0 Å². The van der Waals surface area contributed by atoms with Crippen molar-refractivity contribution in [2.45, 2.75) is 56.1 Å². The van der Waals surface area contributed by atoms with E-state index in [4.69, 9.17) is 4.74 Å². The average Bonchev–Trinajstić information content (AvgIpc) is 3.00. The summed E-state index contributed by atoms with van der Waals surface area (Å²) >= 11 is 1.99. The van der Waals surface area contributed by atoms with Crippen molar-refractivity contribution in [1.29, 1.82) is 0 Å². The van der Waals surface area contributed by atoms with Gasteiger partial charge in [0.2, 0.25) is 0 Å². The largest absolute Gasteiger partial charge is 0.381 e. The highest BCUT2D eigenvalue weighted by Gasteiger charge is 2.40. The molecule has 3 fully saturated rings. The number of likely N-dealkylation sites (tertiary alicyclic amines) is 1. The van der Waals surface area contributed by atoms with Crippen LogP contribution in [0.3, 0.4) is 0 Å². The van der Waals surface area contributed by atoms with E-state index in [1.165, 1.54) is 51.6 Å². The zero-order valence-corrected chi connectivity index (χ0v) is 15.7. The van der Waals surface area contributed by atoms with Crippen LogP contribution in [0, 0.1) is 5.41 Å². The van der Waals surface area contributed by atoms with Gasteiger partial charge in [-0.2, -0.15) is 11.8 Å². The van der Waals surface area contributed by atoms with E-state index in [0.717, 1.165) is 38.6 Å². The second-order valence-corrected chi connectivity index (χ2v) is 8.91. The van der Waals surface area contributed by atoms with Gasteiger partial charge in [0.25, 0.3) is 0 Å². The maximum atomic E-state index is 5.55. The summed E-state index contributed by atoms with van der Waals surface area (Å²) in [5.41, 5.74) is 0.589. The van der Waals surface area contributed by atoms with Crippen molar-refractivity contribution in [2.75, 3.05) is 46.2 Å². The van der Waals surface area contributed by atoms with Crippen molar-refractivity contribution >= 4 is 17.7 Å². The molecule has 0 aromatic rings. The van der Waals surface area contributed by atoms with Gasteiger partial charge in [0.05, 0.1) is 0 Å². The molecule has 0 radical (unpaired) electrons. The lowest BCUT2D eigenvalue weighted by Crippen LogP contribution is -2.49. The molecule has 5 heteroatoms. The number of hydrogen-bond donors (Lipinski definition) is 1. The first-order valence-corrected chi connectivity index (χ1v) is 10.5. The summed E-state index contributed by atoms with van der Waals surface area (Å²) in [6.07, 6.45) is 13.0. The number of guanidine groups is 1. The minimum atomic E-state index is 0.316. The zero-order chi connectivity index (χ0) is 16.2. The molecule has 1 N–H and O–H groups in total. The Hall–Kier alpha value is -0.420. The maximum Gasteiger partial charge on any atom is 0.193 e. The molecule has 2 heterocycles. The van der Waals surface area contributed by atoms with E-state index in [2.05, 4.69) is 21.5 Å². The molecule has 1 saturated carbocycles. The van der Waals surface area contributed by atoms with Gasteiger partial charge in [-0.05, 0) is 43.8 Å². The molecule has 0 bridgehead atoms. The molecule has 3 rings (SSSR count). The van der Waals surface area contributed by atoms with Crippen LogP contribution in [0.15, 0.2) is 4.99 Å². The van der Waals surface area contributed by atoms with Crippen LogP contribution < -0.4 is 5.32 Å². The van der Waals surface area contributed by atoms with Crippen molar-refractivity contribution in [1.82, 2.24) is 10.2 Å². The molecule has 0 unspecified atom stereocenters. The highest BCUT2D eigenvalue weighted by atomic mass is 32.2. The average molecular weight is 340 g/mol. The minimum absolute atomic E-state index is 0.316. The third kappa shape index (κ3) is 3.98. The molecule has 0 amide bonds. The zero-order valence-electron chi connectivity index (χ0n) is 14.9. The molecule has 0 atom stereocenters. The monoisotopic (exact) mass is 339 g/mol. The summed E-state index contributed by atoms with van der Waals surface area (Å²) in [5.74, 6) is 1.12. The van der Waals surface area contributed by atoms with Crippen LogP contribution in [0.2, 0.25) is 0 Å². The predicted octanol–water partition coefficient (Wildman–Crippen LogP) is 3.13. The van der Waals surface area contributed by atoms with Gasteiger partial charge in [-0.3, -0.25) is 4.99 Å². The van der Waals surface area contributed by atoms with Gasteiger partial charge in [-0.25, -0.2) is 0 Å². The fourth-order valence-corrected chi connectivity index (χ4v) is 5.39. The first-order chi connectivity index (χ1) is 11.2. The third-order valence-electron chi connectivity index (χ3n) is 6.27. The first-order valence-electron chi connectivity index (χ1n) is 9.30. The Morgan fingerprint density at radius 3 is 2.52 bits per heavy atom. The molecule has 1 spiro atoms. The van der Waals surface area contributed by atoms with Gasteiger partial charge in [0.15, 0.2) is 5.96 Å². The summed E-state index contributed by atoms with van der Waals surface area (Å²) in [6.45, 7) is 5.19.